The number of fused-ring (bicyclic) bond motifs is 1. The summed E-state index contributed by atoms with van der Waals surface area (Å²) in [6.45, 7) is 6.43. The molecule has 152 valence electrons. The van der Waals surface area contributed by atoms with Crippen LogP contribution in [0.15, 0.2) is 47.5 Å². The lowest BCUT2D eigenvalue weighted by Gasteiger charge is -2.32. The van der Waals surface area contributed by atoms with E-state index < -0.39 is 0 Å². The number of ether oxygens (including phenoxy) is 1. The average Bonchev–Trinajstić information content (AvgIpc) is 2.73. The molecule has 1 fully saturated rings. The highest BCUT2D eigenvalue weighted by Gasteiger charge is 2.14. The molecule has 7 heteroatoms. The fourth-order valence-electron chi connectivity index (χ4n) is 3.69. The molecular formula is C22H26N4O3. The molecule has 0 aliphatic carbocycles. The van der Waals surface area contributed by atoms with E-state index in [0.29, 0.717) is 24.1 Å². The Balaban J connectivity index is 1.48. The minimum Gasteiger partial charge on any atom is -0.506 e. The Hall–Kier alpha value is -2.74. The van der Waals surface area contributed by atoms with Crippen molar-refractivity contribution in [2.24, 2.45) is 0 Å². The quantitative estimate of drug-likeness (QED) is 0.623. The Kier molecular flexibility index (Phi) is 5.89. The molecule has 1 aromatic heterocycles. The number of phenols is 1. The number of phenolic OH excluding ortho intramolecular Hbond substituents is 1. The van der Waals surface area contributed by atoms with Crippen molar-refractivity contribution in [3.05, 3.63) is 58.6 Å². The molecular weight excluding hydrogens is 368 g/mol. The number of likely N-dealkylation sites (N-methyl/N-ethyl adjacent to an activating group) is 1. The number of aromatic amines is 1. The molecule has 1 aliphatic rings. The van der Waals surface area contributed by atoms with Crippen molar-refractivity contribution in [2.75, 3.05) is 46.4 Å². The second-order valence-electron chi connectivity index (χ2n) is 7.48. The Morgan fingerprint density at radius 1 is 1.17 bits per heavy atom. The van der Waals surface area contributed by atoms with Gasteiger partial charge < -0.3 is 19.7 Å². The monoisotopic (exact) mass is 394 g/mol. The Morgan fingerprint density at radius 3 is 2.79 bits per heavy atom. The predicted octanol–water partition coefficient (Wildman–Crippen LogP) is 2.06. The van der Waals surface area contributed by atoms with Crippen molar-refractivity contribution in [1.82, 2.24) is 19.8 Å². The van der Waals surface area contributed by atoms with E-state index in [9.17, 15) is 9.90 Å². The minimum absolute atomic E-state index is 0.00520. The number of hydrogen-bond acceptors (Lipinski definition) is 6. The fraction of sp³-hybridized carbons (Fsp3) is 0.364. The van der Waals surface area contributed by atoms with Crippen molar-refractivity contribution in [3.8, 4) is 16.9 Å². The molecule has 1 saturated heterocycles. The molecule has 2 heterocycles. The van der Waals surface area contributed by atoms with Crippen molar-refractivity contribution < 1.29 is 9.84 Å². The first-order valence-electron chi connectivity index (χ1n) is 9.89. The summed E-state index contributed by atoms with van der Waals surface area (Å²) in [4.78, 5) is 23.5. The summed E-state index contributed by atoms with van der Waals surface area (Å²) in [7, 11) is 2.15. The van der Waals surface area contributed by atoms with Gasteiger partial charge in [-0.15, -0.1) is 0 Å². The van der Waals surface area contributed by atoms with Gasteiger partial charge in [0.25, 0.3) is 5.56 Å². The maximum atomic E-state index is 12.1. The van der Waals surface area contributed by atoms with Gasteiger partial charge in [-0.05, 0) is 35.9 Å². The van der Waals surface area contributed by atoms with Crippen LogP contribution in [0.5, 0.6) is 5.75 Å². The zero-order valence-electron chi connectivity index (χ0n) is 16.6. The molecule has 4 rings (SSSR count). The topological polar surface area (TPSA) is 81.7 Å². The Bertz CT molecular complexity index is 1040. The third-order valence-electron chi connectivity index (χ3n) is 5.46. The number of piperazine rings is 1. The van der Waals surface area contributed by atoms with E-state index in [1.165, 1.54) is 6.33 Å². The normalized spacial score (nSPS) is 15.8. The first kappa shape index (κ1) is 19.6. The highest BCUT2D eigenvalue weighted by molar-refractivity contribution is 5.89. The molecule has 0 spiro atoms. The van der Waals surface area contributed by atoms with E-state index in [1.54, 1.807) is 12.1 Å². The minimum atomic E-state index is -0.270. The first-order valence-corrected chi connectivity index (χ1v) is 9.89. The number of benzene rings is 2. The number of hydrogen-bond donors (Lipinski definition) is 2. The van der Waals surface area contributed by atoms with Crippen molar-refractivity contribution in [1.29, 1.82) is 0 Å². The zero-order valence-corrected chi connectivity index (χ0v) is 16.6. The van der Waals surface area contributed by atoms with Crippen molar-refractivity contribution >= 4 is 10.9 Å². The van der Waals surface area contributed by atoms with Gasteiger partial charge in [-0.3, -0.25) is 9.69 Å². The zero-order chi connectivity index (χ0) is 20.2. The van der Waals surface area contributed by atoms with Crippen molar-refractivity contribution in [2.45, 2.75) is 6.61 Å². The lowest BCUT2D eigenvalue weighted by molar-refractivity contribution is 0.0740. The van der Waals surface area contributed by atoms with Crippen LogP contribution in [0.4, 0.5) is 0 Å². The van der Waals surface area contributed by atoms with Crippen LogP contribution in [0.1, 0.15) is 5.56 Å². The van der Waals surface area contributed by atoms with E-state index >= 15 is 0 Å². The number of aromatic nitrogens is 2. The number of nitrogens with zero attached hydrogens (tertiary/aromatic N) is 3. The van der Waals surface area contributed by atoms with Crippen LogP contribution in [0.25, 0.3) is 22.0 Å². The largest absolute Gasteiger partial charge is 0.506 e. The fourth-order valence-corrected chi connectivity index (χ4v) is 3.69. The second-order valence-corrected chi connectivity index (χ2v) is 7.48. The van der Waals surface area contributed by atoms with E-state index in [-0.39, 0.29) is 11.3 Å². The number of H-pyrrole nitrogens is 1. The van der Waals surface area contributed by atoms with Gasteiger partial charge in [-0.25, -0.2) is 4.98 Å². The highest BCUT2D eigenvalue weighted by Crippen LogP contribution is 2.31. The summed E-state index contributed by atoms with van der Waals surface area (Å²) in [5, 5.41) is 10.7. The first-order chi connectivity index (χ1) is 14.1. The standard InChI is InChI=1S/C22H26N4O3/c1-25-6-8-26(9-7-25)10-11-29-14-16-4-2-3-5-18(16)17-12-19-21(20(27)13-17)23-15-24-22(19)28/h2-5,12-13,15,27H,6-11,14H2,1H3,(H,23,24,28). The van der Waals surface area contributed by atoms with E-state index in [2.05, 4.69) is 26.8 Å². The van der Waals surface area contributed by atoms with Crippen LogP contribution < -0.4 is 5.56 Å². The van der Waals surface area contributed by atoms with Gasteiger partial charge in [0.05, 0.1) is 24.9 Å². The second kappa shape index (κ2) is 8.73. The SMILES string of the molecule is CN1CCN(CCOCc2ccccc2-c2cc(O)c3nc[nH]c(=O)c3c2)CC1. The molecule has 0 atom stereocenters. The van der Waals surface area contributed by atoms with Crippen molar-refractivity contribution in [3.63, 3.8) is 0 Å². The molecule has 3 aromatic rings. The Morgan fingerprint density at radius 2 is 1.97 bits per heavy atom. The summed E-state index contributed by atoms with van der Waals surface area (Å²) < 4.78 is 5.95. The molecule has 2 N–H and O–H groups in total. The Labute approximate surface area is 169 Å². The van der Waals surface area contributed by atoms with Crippen LogP contribution in [-0.4, -0.2) is 71.3 Å². The summed E-state index contributed by atoms with van der Waals surface area (Å²) in [5.41, 5.74) is 2.76. The molecule has 0 amide bonds. The smallest absolute Gasteiger partial charge is 0.258 e. The van der Waals surface area contributed by atoms with Gasteiger partial charge >= 0.3 is 0 Å². The van der Waals surface area contributed by atoms with Gasteiger partial charge in [-0.1, -0.05) is 24.3 Å². The molecule has 29 heavy (non-hydrogen) atoms. The van der Waals surface area contributed by atoms with Crippen LogP contribution in [0, 0.1) is 0 Å². The maximum Gasteiger partial charge on any atom is 0.258 e. The van der Waals surface area contributed by atoms with Gasteiger partial charge in [0.2, 0.25) is 0 Å². The van der Waals surface area contributed by atoms with Crippen LogP contribution in [0.2, 0.25) is 0 Å². The molecule has 0 saturated carbocycles. The lowest BCUT2D eigenvalue weighted by atomic mass is 9.98. The average molecular weight is 394 g/mol. The maximum absolute atomic E-state index is 12.1. The molecule has 1 aliphatic heterocycles. The summed E-state index contributed by atoms with van der Waals surface area (Å²) in [5.74, 6) is -0.00520. The van der Waals surface area contributed by atoms with Crippen LogP contribution >= 0.6 is 0 Å². The van der Waals surface area contributed by atoms with Gasteiger partial charge in [0, 0.05) is 32.7 Å². The van der Waals surface area contributed by atoms with Gasteiger partial charge in [0.15, 0.2) is 0 Å². The lowest BCUT2D eigenvalue weighted by Crippen LogP contribution is -2.45. The number of aromatic hydroxyl groups is 1. The molecule has 7 nitrogen and oxygen atoms in total. The van der Waals surface area contributed by atoms with E-state index in [0.717, 1.165) is 49.4 Å². The summed E-state index contributed by atoms with van der Waals surface area (Å²) >= 11 is 0. The predicted molar refractivity (Wildman–Crippen MR) is 113 cm³/mol. The molecule has 0 unspecified atom stereocenters. The summed E-state index contributed by atoms with van der Waals surface area (Å²) in [6.07, 6.45) is 1.30. The summed E-state index contributed by atoms with van der Waals surface area (Å²) in [6, 6.07) is 11.3. The van der Waals surface area contributed by atoms with Crippen LogP contribution in [0.3, 0.4) is 0 Å². The molecule has 2 aromatic carbocycles. The molecule has 0 bridgehead atoms. The highest BCUT2D eigenvalue weighted by atomic mass is 16.5. The number of nitrogens with one attached hydrogen (secondary N) is 1. The van der Waals surface area contributed by atoms with Gasteiger partial charge in [-0.2, -0.15) is 0 Å². The third kappa shape index (κ3) is 4.48. The third-order valence-corrected chi connectivity index (χ3v) is 5.46. The van der Waals surface area contributed by atoms with Gasteiger partial charge in [0.1, 0.15) is 11.3 Å². The van der Waals surface area contributed by atoms with Crippen LogP contribution in [-0.2, 0) is 11.3 Å². The van der Waals surface area contributed by atoms with E-state index in [1.807, 2.05) is 24.3 Å². The van der Waals surface area contributed by atoms with E-state index in [4.69, 9.17) is 4.74 Å². The molecule has 0 radical (unpaired) electrons. The number of rotatable bonds is 6.